The van der Waals surface area contributed by atoms with Gasteiger partial charge in [0.2, 0.25) is 5.89 Å². The first-order valence-electron chi connectivity index (χ1n) is 7.15. The molecule has 1 aromatic rings. The van der Waals surface area contributed by atoms with E-state index in [1.54, 1.807) is 0 Å². The number of hydrogen-bond donors (Lipinski definition) is 1. The molecule has 0 bridgehead atoms. The Morgan fingerprint density at radius 1 is 1.37 bits per heavy atom. The summed E-state index contributed by atoms with van der Waals surface area (Å²) in [6, 6.07) is 0.172. The van der Waals surface area contributed by atoms with Gasteiger partial charge in [-0.15, -0.1) is 11.8 Å². The Kier molecular flexibility index (Phi) is 4.90. The smallest absolute Gasteiger partial charge is 0.228 e. The molecule has 1 unspecified atom stereocenters. The van der Waals surface area contributed by atoms with Gasteiger partial charge in [0.1, 0.15) is 0 Å². The van der Waals surface area contributed by atoms with Crippen LogP contribution in [0.25, 0.3) is 0 Å². The van der Waals surface area contributed by atoms with E-state index in [1.807, 2.05) is 11.8 Å². The van der Waals surface area contributed by atoms with Crippen molar-refractivity contribution in [1.29, 1.82) is 0 Å². The number of thioether (sulfide) groups is 1. The molecular weight excluding hydrogens is 258 g/mol. The van der Waals surface area contributed by atoms with Gasteiger partial charge in [0.05, 0.1) is 5.75 Å². The molecule has 1 heterocycles. The van der Waals surface area contributed by atoms with Gasteiger partial charge in [0.15, 0.2) is 5.82 Å². The lowest BCUT2D eigenvalue weighted by Gasteiger charge is -2.16. The standard InChI is InChI=1S/C14H25N3OS/c1-14(2,3)19-9-12-16-13(18-17-12)8-11(15)10-6-4-5-7-10/h10-11H,4-9,15H2,1-3H3. The van der Waals surface area contributed by atoms with Crippen molar-refractivity contribution in [2.24, 2.45) is 11.7 Å². The van der Waals surface area contributed by atoms with Gasteiger partial charge in [-0.1, -0.05) is 38.8 Å². The number of rotatable bonds is 5. The summed E-state index contributed by atoms with van der Waals surface area (Å²) in [6.45, 7) is 6.57. The molecular formula is C14H25N3OS. The third-order valence-corrected chi connectivity index (χ3v) is 4.83. The van der Waals surface area contributed by atoms with Crippen LogP contribution in [0, 0.1) is 5.92 Å². The molecule has 4 nitrogen and oxygen atoms in total. The van der Waals surface area contributed by atoms with Crippen LogP contribution in [-0.4, -0.2) is 20.9 Å². The van der Waals surface area contributed by atoms with Gasteiger partial charge in [0.25, 0.3) is 0 Å². The molecule has 1 aliphatic rings. The zero-order valence-corrected chi connectivity index (χ0v) is 13.0. The van der Waals surface area contributed by atoms with Crippen LogP contribution in [0.2, 0.25) is 0 Å². The molecule has 19 heavy (non-hydrogen) atoms. The van der Waals surface area contributed by atoms with Crippen molar-refractivity contribution < 1.29 is 4.52 Å². The van der Waals surface area contributed by atoms with E-state index >= 15 is 0 Å². The van der Waals surface area contributed by atoms with E-state index in [-0.39, 0.29) is 10.8 Å². The molecule has 2 N–H and O–H groups in total. The number of nitrogens with two attached hydrogens (primary N) is 1. The van der Waals surface area contributed by atoms with Crippen molar-refractivity contribution in [2.75, 3.05) is 0 Å². The van der Waals surface area contributed by atoms with Crippen LogP contribution in [0.4, 0.5) is 0 Å². The number of aromatic nitrogens is 2. The minimum absolute atomic E-state index is 0.172. The molecule has 108 valence electrons. The Morgan fingerprint density at radius 3 is 2.68 bits per heavy atom. The molecule has 2 rings (SSSR count). The molecule has 0 aromatic carbocycles. The Bertz CT molecular complexity index is 394. The highest BCUT2D eigenvalue weighted by molar-refractivity contribution is 7.99. The average molecular weight is 283 g/mol. The molecule has 0 radical (unpaired) electrons. The van der Waals surface area contributed by atoms with E-state index in [9.17, 15) is 0 Å². The Labute approximate surface area is 119 Å². The lowest BCUT2D eigenvalue weighted by atomic mass is 9.96. The fourth-order valence-corrected chi connectivity index (χ4v) is 3.15. The molecule has 1 atom stereocenters. The second-order valence-electron chi connectivity index (χ2n) is 6.42. The third-order valence-electron chi connectivity index (χ3n) is 3.56. The highest BCUT2D eigenvalue weighted by atomic mass is 32.2. The summed E-state index contributed by atoms with van der Waals surface area (Å²) in [5.74, 6) is 2.92. The summed E-state index contributed by atoms with van der Waals surface area (Å²) in [5, 5.41) is 4.04. The Morgan fingerprint density at radius 2 is 2.05 bits per heavy atom. The van der Waals surface area contributed by atoms with Crippen LogP contribution in [0.15, 0.2) is 4.52 Å². The number of nitrogens with zero attached hydrogens (tertiary/aromatic N) is 2. The van der Waals surface area contributed by atoms with Gasteiger partial charge < -0.3 is 10.3 Å². The van der Waals surface area contributed by atoms with Crippen LogP contribution in [-0.2, 0) is 12.2 Å². The average Bonchev–Trinajstić information content (AvgIpc) is 2.96. The van der Waals surface area contributed by atoms with Crippen molar-refractivity contribution in [3.8, 4) is 0 Å². The lowest BCUT2D eigenvalue weighted by molar-refractivity contribution is 0.339. The van der Waals surface area contributed by atoms with Crippen LogP contribution in [0.5, 0.6) is 0 Å². The predicted molar refractivity (Wildman–Crippen MR) is 79.0 cm³/mol. The fourth-order valence-electron chi connectivity index (χ4n) is 2.47. The van der Waals surface area contributed by atoms with Crippen molar-refractivity contribution in [3.63, 3.8) is 0 Å². The minimum Gasteiger partial charge on any atom is -0.339 e. The summed E-state index contributed by atoms with van der Waals surface area (Å²) >= 11 is 1.83. The van der Waals surface area contributed by atoms with E-state index in [0.717, 1.165) is 18.0 Å². The maximum absolute atomic E-state index is 6.23. The molecule has 0 amide bonds. The summed E-state index contributed by atoms with van der Waals surface area (Å²) in [7, 11) is 0. The van der Waals surface area contributed by atoms with Gasteiger partial charge in [-0.25, -0.2) is 0 Å². The van der Waals surface area contributed by atoms with Gasteiger partial charge >= 0.3 is 0 Å². The normalized spacial score (nSPS) is 18.9. The zero-order chi connectivity index (χ0) is 13.9. The maximum Gasteiger partial charge on any atom is 0.228 e. The number of hydrogen-bond acceptors (Lipinski definition) is 5. The quantitative estimate of drug-likeness (QED) is 0.899. The highest BCUT2D eigenvalue weighted by Gasteiger charge is 2.24. The lowest BCUT2D eigenvalue weighted by Crippen LogP contribution is -2.30. The van der Waals surface area contributed by atoms with Crippen LogP contribution in [0.1, 0.15) is 58.2 Å². The zero-order valence-electron chi connectivity index (χ0n) is 12.2. The molecule has 5 heteroatoms. The van der Waals surface area contributed by atoms with Gasteiger partial charge in [-0.2, -0.15) is 4.98 Å². The molecule has 1 aliphatic carbocycles. The van der Waals surface area contributed by atoms with Crippen LogP contribution >= 0.6 is 11.8 Å². The topological polar surface area (TPSA) is 64.9 Å². The van der Waals surface area contributed by atoms with Gasteiger partial charge in [-0.3, -0.25) is 0 Å². The monoisotopic (exact) mass is 283 g/mol. The van der Waals surface area contributed by atoms with E-state index in [4.69, 9.17) is 10.3 Å². The first kappa shape index (κ1) is 14.9. The van der Waals surface area contributed by atoms with Gasteiger partial charge in [0, 0.05) is 17.2 Å². The molecule has 1 aromatic heterocycles. The van der Waals surface area contributed by atoms with Crippen molar-refractivity contribution in [2.45, 2.75) is 69.4 Å². The fraction of sp³-hybridized carbons (Fsp3) is 0.857. The molecule has 0 saturated heterocycles. The predicted octanol–water partition coefficient (Wildman–Crippen LogP) is 3.16. The second kappa shape index (κ2) is 6.27. The Balaban J connectivity index is 1.83. The van der Waals surface area contributed by atoms with Crippen molar-refractivity contribution >= 4 is 11.8 Å². The largest absolute Gasteiger partial charge is 0.339 e. The SMILES string of the molecule is CC(C)(C)SCc1noc(CC(N)C2CCCC2)n1. The molecule has 0 aliphatic heterocycles. The maximum atomic E-state index is 6.23. The van der Waals surface area contributed by atoms with Gasteiger partial charge in [-0.05, 0) is 18.8 Å². The van der Waals surface area contributed by atoms with E-state index in [1.165, 1.54) is 25.7 Å². The van der Waals surface area contributed by atoms with Crippen LogP contribution < -0.4 is 5.73 Å². The van der Waals surface area contributed by atoms with Crippen LogP contribution in [0.3, 0.4) is 0 Å². The highest BCUT2D eigenvalue weighted by Crippen LogP contribution is 2.28. The van der Waals surface area contributed by atoms with Crippen molar-refractivity contribution in [3.05, 3.63) is 11.7 Å². The van der Waals surface area contributed by atoms with E-state index in [2.05, 4.69) is 30.9 Å². The molecule has 1 fully saturated rings. The van der Waals surface area contributed by atoms with E-state index in [0.29, 0.717) is 11.8 Å². The van der Waals surface area contributed by atoms with Crippen molar-refractivity contribution in [1.82, 2.24) is 10.1 Å². The summed E-state index contributed by atoms with van der Waals surface area (Å²) in [6.07, 6.45) is 5.85. The van der Waals surface area contributed by atoms with E-state index < -0.39 is 0 Å². The minimum atomic E-state index is 0.172. The molecule has 0 spiro atoms. The Hall–Kier alpha value is -0.550. The third kappa shape index (κ3) is 4.80. The first-order chi connectivity index (χ1) is 8.94. The first-order valence-corrected chi connectivity index (χ1v) is 8.13. The summed E-state index contributed by atoms with van der Waals surface area (Å²) in [5.41, 5.74) is 6.23. The second-order valence-corrected chi connectivity index (χ2v) is 8.22. The molecule has 1 saturated carbocycles. The summed E-state index contributed by atoms with van der Waals surface area (Å²) in [4.78, 5) is 4.45. The summed E-state index contributed by atoms with van der Waals surface area (Å²) < 4.78 is 5.53.